The summed E-state index contributed by atoms with van der Waals surface area (Å²) in [6.45, 7) is 5.80. The zero-order chi connectivity index (χ0) is 22.1. The van der Waals surface area contributed by atoms with Crippen LogP contribution in [0.3, 0.4) is 0 Å². The maximum absolute atomic E-state index is 12.2. The smallest absolute Gasteiger partial charge is 0.253 e. The molecule has 0 aliphatic carbocycles. The number of aliphatic imine (C=N–C) groups is 1. The van der Waals surface area contributed by atoms with Crippen LogP contribution in [0.1, 0.15) is 29.3 Å². The molecular formula is C25H35IN4OS. The predicted molar refractivity (Wildman–Crippen MR) is 146 cm³/mol. The van der Waals surface area contributed by atoms with Crippen LogP contribution in [0, 0.1) is 5.92 Å². The number of nitrogens with zero attached hydrogens (tertiary/aromatic N) is 3. The fourth-order valence-electron chi connectivity index (χ4n) is 3.73. The minimum atomic E-state index is 0. The van der Waals surface area contributed by atoms with E-state index < -0.39 is 0 Å². The highest BCUT2D eigenvalue weighted by Crippen LogP contribution is 2.25. The molecule has 1 heterocycles. The first-order valence-corrected chi connectivity index (χ1v) is 12.1. The molecule has 2 aromatic rings. The quantitative estimate of drug-likeness (QED) is 0.219. The lowest BCUT2D eigenvalue weighted by atomic mass is 10.1. The van der Waals surface area contributed by atoms with Crippen LogP contribution in [0.4, 0.5) is 0 Å². The van der Waals surface area contributed by atoms with Crippen molar-refractivity contribution >= 4 is 47.6 Å². The standard InChI is InChI=1S/C25H34N4OS.HI/c1-4-26-25(27-15-13-20-9-8-10-22(17-20)24(30)28(2)3)29-16-14-21(18-29)19-31-23-11-6-5-7-12-23;/h5-12,17,21H,4,13-16,18-19H2,1-3H3,(H,26,27);1H. The summed E-state index contributed by atoms with van der Waals surface area (Å²) in [5.74, 6) is 2.88. The minimum absolute atomic E-state index is 0. The molecule has 0 aromatic heterocycles. The Morgan fingerprint density at radius 1 is 1.19 bits per heavy atom. The number of benzene rings is 2. The summed E-state index contributed by atoms with van der Waals surface area (Å²) in [4.78, 5) is 22.4. The lowest BCUT2D eigenvalue weighted by molar-refractivity contribution is 0.0827. The highest BCUT2D eigenvalue weighted by molar-refractivity contribution is 14.0. The lowest BCUT2D eigenvalue weighted by Gasteiger charge is -2.21. The maximum Gasteiger partial charge on any atom is 0.253 e. The van der Waals surface area contributed by atoms with Gasteiger partial charge >= 0.3 is 0 Å². The Bertz CT molecular complexity index is 875. The van der Waals surface area contributed by atoms with Crippen LogP contribution in [0.15, 0.2) is 64.5 Å². The van der Waals surface area contributed by atoms with Crippen LogP contribution in [-0.2, 0) is 6.42 Å². The summed E-state index contributed by atoms with van der Waals surface area (Å²) in [5, 5.41) is 3.46. The molecule has 1 aliphatic heterocycles. The minimum Gasteiger partial charge on any atom is -0.357 e. The Morgan fingerprint density at radius 3 is 2.69 bits per heavy atom. The number of carbonyl (C=O) groups is 1. The van der Waals surface area contributed by atoms with Crippen molar-refractivity contribution < 1.29 is 4.79 Å². The molecule has 3 rings (SSSR count). The molecule has 32 heavy (non-hydrogen) atoms. The van der Waals surface area contributed by atoms with Crippen molar-refractivity contribution in [2.24, 2.45) is 10.9 Å². The number of guanidine groups is 1. The zero-order valence-corrected chi connectivity index (χ0v) is 22.4. The zero-order valence-electron chi connectivity index (χ0n) is 19.3. The van der Waals surface area contributed by atoms with Crippen molar-refractivity contribution in [2.75, 3.05) is 46.0 Å². The molecular weight excluding hydrogens is 531 g/mol. The fourth-order valence-corrected chi connectivity index (χ4v) is 4.78. The molecule has 2 aromatic carbocycles. The highest BCUT2D eigenvalue weighted by atomic mass is 127. The summed E-state index contributed by atoms with van der Waals surface area (Å²) in [6.07, 6.45) is 2.03. The summed E-state index contributed by atoms with van der Waals surface area (Å²) in [6, 6.07) is 18.5. The third kappa shape index (κ3) is 7.99. The van der Waals surface area contributed by atoms with E-state index in [1.165, 1.54) is 11.3 Å². The molecule has 1 amide bonds. The molecule has 174 valence electrons. The second kappa shape index (κ2) is 13.7. The van der Waals surface area contributed by atoms with E-state index in [1.54, 1.807) is 19.0 Å². The van der Waals surface area contributed by atoms with Gasteiger partial charge < -0.3 is 15.1 Å². The van der Waals surface area contributed by atoms with Gasteiger partial charge in [0.1, 0.15) is 0 Å². The number of hydrogen-bond acceptors (Lipinski definition) is 3. The predicted octanol–water partition coefficient (Wildman–Crippen LogP) is 4.63. The van der Waals surface area contributed by atoms with E-state index in [-0.39, 0.29) is 29.9 Å². The number of rotatable bonds is 8. The van der Waals surface area contributed by atoms with Gasteiger partial charge in [0, 0.05) is 56.5 Å². The van der Waals surface area contributed by atoms with Crippen LogP contribution in [0.5, 0.6) is 0 Å². The first kappa shape index (κ1) is 26.5. The molecule has 0 radical (unpaired) electrons. The molecule has 0 bridgehead atoms. The summed E-state index contributed by atoms with van der Waals surface area (Å²) in [5.41, 5.74) is 1.88. The van der Waals surface area contributed by atoms with E-state index in [0.29, 0.717) is 12.5 Å². The Hall–Kier alpha value is -1.74. The largest absolute Gasteiger partial charge is 0.357 e. The number of thioether (sulfide) groups is 1. The first-order chi connectivity index (χ1) is 15.1. The summed E-state index contributed by atoms with van der Waals surface area (Å²) >= 11 is 1.95. The van der Waals surface area contributed by atoms with Crippen LogP contribution in [-0.4, -0.2) is 67.7 Å². The molecule has 1 fully saturated rings. The van der Waals surface area contributed by atoms with Gasteiger partial charge in [-0.1, -0.05) is 30.3 Å². The van der Waals surface area contributed by atoms with Crippen molar-refractivity contribution in [3.05, 3.63) is 65.7 Å². The molecule has 5 nitrogen and oxygen atoms in total. The van der Waals surface area contributed by atoms with Crippen molar-refractivity contribution in [3.8, 4) is 0 Å². The van der Waals surface area contributed by atoms with Crippen LogP contribution in [0.25, 0.3) is 0 Å². The van der Waals surface area contributed by atoms with E-state index in [0.717, 1.165) is 48.9 Å². The van der Waals surface area contributed by atoms with Crippen molar-refractivity contribution in [2.45, 2.75) is 24.7 Å². The van der Waals surface area contributed by atoms with Crippen LogP contribution < -0.4 is 5.32 Å². The molecule has 1 atom stereocenters. The van der Waals surface area contributed by atoms with Crippen LogP contribution >= 0.6 is 35.7 Å². The molecule has 1 saturated heterocycles. The number of amides is 1. The van der Waals surface area contributed by atoms with Gasteiger partial charge in [0.15, 0.2) is 5.96 Å². The number of halogens is 1. The molecule has 1 N–H and O–H groups in total. The van der Waals surface area contributed by atoms with Crippen molar-refractivity contribution in [3.63, 3.8) is 0 Å². The van der Waals surface area contributed by atoms with Gasteiger partial charge in [-0.2, -0.15) is 0 Å². The van der Waals surface area contributed by atoms with Gasteiger partial charge in [0.25, 0.3) is 5.91 Å². The number of carbonyl (C=O) groups excluding carboxylic acids is 1. The monoisotopic (exact) mass is 566 g/mol. The lowest BCUT2D eigenvalue weighted by Crippen LogP contribution is -2.40. The Balaban J connectivity index is 0.00000363. The average Bonchev–Trinajstić information content (AvgIpc) is 3.26. The van der Waals surface area contributed by atoms with Gasteiger partial charge in [-0.3, -0.25) is 9.79 Å². The van der Waals surface area contributed by atoms with Gasteiger partial charge in [-0.25, -0.2) is 0 Å². The number of nitrogens with one attached hydrogen (secondary N) is 1. The van der Waals surface area contributed by atoms with Crippen molar-refractivity contribution in [1.29, 1.82) is 0 Å². The number of likely N-dealkylation sites (tertiary alicyclic amines) is 1. The van der Waals surface area contributed by atoms with Crippen LogP contribution in [0.2, 0.25) is 0 Å². The van der Waals surface area contributed by atoms with E-state index in [9.17, 15) is 4.79 Å². The highest BCUT2D eigenvalue weighted by Gasteiger charge is 2.24. The topological polar surface area (TPSA) is 47.9 Å². The Kier molecular flexibility index (Phi) is 11.4. The number of hydrogen-bond donors (Lipinski definition) is 1. The molecule has 7 heteroatoms. The fraction of sp³-hybridized carbons (Fsp3) is 0.440. The second-order valence-electron chi connectivity index (χ2n) is 8.11. The van der Waals surface area contributed by atoms with E-state index >= 15 is 0 Å². The Labute approximate surface area is 214 Å². The second-order valence-corrected chi connectivity index (χ2v) is 9.20. The summed E-state index contributed by atoms with van der Waals surface area (Å²) in [7, 11) is 3.56. The third-order valence-corrected chi connectivity index (χ3v) is 6.63. The van der Waals surface area contributed by atoms with Gasteiger partial charge in [0.05, 0.1) is 0 Å². The SMILES string of the molecule is CCNC(=NCCc1cccc(C(=O)N(C)C)c1)N1CCC(CSc2ccccc2)C1.I. The summed E-state index contributed by atoms with van der Waals surface area (Å²) < 4.78 is 0. The molecule has 1 unspecified atom stereocenters. The van der Waals surface area contributed by atoms with E-state index in [2.05, 4.69) is 53.5 Å². The van der Waals surface area contributed by atoms with E-state index in [4.69, 9.17) is 4.99 Å². The van der Waals surface area contributed by atoms with Gasteiger partial charge in [-0.05, 0) is 55.5 Å². The Morgan fingerprint density at radius 2 is 1.97 bits per heavy atom. The molecule has 0 saturated carbocycles. The molecule has 0 spiro atoms. The molecule has 1 aliphatic rings. The average molecular weight is 567 g/mol. The van der Waals surface area contributed by atoms with Crippen molar-refractivity contribution in [1.82, 2.24) is 15.1 Å². The first-order valence-electron chi connectivity index (χ1n) is 11.1. The van der Waals surface area contributed by atoms with Gasteiger partial charge in [0.2, 0.25) is 0 Å². The van der Waals surface area contributed by atoms with Gasteiger partial charge in [-0.15, -0.1) is 35.7 Å². The van der Waals surface area contributed by atoms with E-state index in [1.807, 2.05) is 30.0 Å². The third-order valence-electron chi connectivity index (χ3n) is 5.39. The normalized spacial score (nSPS) is 15.9. The maximum atomic E-state index is 12.2.